The van der Waals surface area contributed by atoms with Gasteiger partial charge in [-0.05, 0) is 35.9 Å². The molecule has 144 valence electrons. The number of rotatable bonds is 7. The number of carbonyl (C=O) groups excluding carboxylic acids is 1. The highest BCUT2D eigenvalue weighted by Gasteiger charge is 2.03. The van der Waals surface area contributed by atoms with Crippen molar-refractivity contribution < 1.29 is 13.2 Å². The topological polar surface area (TPSA) is 93.1 Å². The second-order valence-electron chi connectivity index (χ2n) is 6.18. The molecule has 0 saturated heterocycles. The quantitative estimate of drug-likeness (QED) is 0.600. The molecule has 2 aromatic carbocycles. The van der Waals surface area contributed by atoms with Crippen molar-refractivity contribution in [3.8, 4) is 5.69 Å². The van der Waals surface area contributed by atoms with E-state index in [1.165, 1.54) is 6.08 Å². The average molecular weight is 396 g/mol. The Kier molecular flexibility index (Phi) is 5.90. The molecule has 8 heteroatoms. The molecule has 2 N–H and O–H groups in total. The molecule has 1 heterocycles. The Balaban J connectivity index is 1.52. The minimum Gasteiger partial charge on any atom is -0.348 e. The van der Waals surface area contributed by atoms with Crippen LogP contribution in [0.2, 0.25) is 0 Å². The maximum Gasteiger partial charge on any atom is 0.244 e. The minimum atomic E-state index is -3.30. The largest absolute Gasteiger partial charge is 0.348 e. The minimum absolute atomic E-state index is 0.231. The van der Waals surface area contributed by atoms with Gasteiger partial charge in [-0.1, -0.05) is 30.3 Å². The Morgan fingerprint density at radius 2 is 1.82 bits per heavy atom. The van der Waals surface area contributed by atoms with Crippen molar-refractivity contribution in [1.82, 2.24) is 15.1 Å². The Hall–Kier alpha value is -3.39. The van der Waals surface area contributed by atoms with Crippen LogP contribution in [0.1, 0.15) is 11.1 Å². The van der Waals surface area contributed by atoms with Gasteiger partial charge in [0, 0.05) is 30.1 Å². The molecule has 0 spiro atoms. The lowest BCUT2D eigenvalue weighted by molar-refractivity contribution is -0.116. The van der Waals surface area contributed by atoms with E-state index >= 15 is 0 Å². The summed E-state index contributed by atoms with van der Waals surface area (Å²) >= 11 is 0. The molecule has 7 nitrogen and oxygen atoms in total. The highest BCUT2D eigenvalue weighted by Crippen LogP contribution is 2.12. The molecule has 0 unspecified atom stereocenters. The summed E-state index contributed by atoms with van der Waals surface area (Å²) in [5, 5.41) is 7.10. The van der Waals surface area contributed by atoms with E-state index in [-0.39, 0.29) is 5.91 Å². The highest BCUT2D eigenvalue weighted by molar-refractivity contribution is 7.92. The van der Waals surface area contributed by atoms with E-state index in [1.807, 2.05) is 36.5 Å². The number of sulfonamides is 1. The van der Waals surface area contributed by atoms with Gasteiger partial charge in [-0.25, -0.2) is 13.1 Å². The van der Waals surface area contributed by atoms with E-state index in [0.29, 0.717) is 12.2 Å². The summed E-state index contributed by atoms with van der Waals surface area (Å²) in [5.74, 6) is -0.231. The van der Waals surface area contributed by atoms with Crippen LogP contribution in [0.25, 0.3) is 11.8 Å². The number of carbonyl (C=O) groups is 1. The molecule has 28 heavy (non-hydrogen) atoms. The molecule has 0 fully saturated rings. The van der Waals surface area contributed by atoms with E-state index in [0.717, 1.165) is 23.1 Å². The number of anilines is 1. The van der Waals surface area contributed by atoms with Crippen LogP contribution in [-0.2, 0) is 21.4 Å². The fourth-order valence-corrected chi connectivity index (χ4v) is 3.03. The molecule has 0 aliphatic rings. The summed E-state index contributed by atoms with van der Waals surface area (Å²) in [4.78, 5) is 12.0. The molecule has 1 amide bonds. The van der Waals surface area contributed by atoms with Crippen LogP contribution < -0.4 is 10.0 Å². The molecular weight excluding hydrogens is 376 g/mol. The third kappa shape index (κ3) is 5.82. The Morgan fingerprint density at radius 3 is 2.50 bits per heavy atom. The summed E-state index contributed by atoms with van der Waals surface area (Å²) in [7, 11) is -3.30. The van der Waals surface area contributed by atoms with Crippen molar-refractivity contribution in [2.75, 3.05) is 11.0 Å². The lowest BCUT2D eigenvalue weighted by Gasteiger charge is -2.03. The number of hydrogen-bond donors (Lipinski definition) is 2. The van der Waals surface area contributed by atoms with Crippen molar-refractivity contribution in [1.29, 1.82) is 0 Å². The molecular formula is C20H20N4O3S. The summed E-state index contributed by atoms with van der Waals surface area (Å²) in [6, 6.07) is 16.4. The van der Waals surface area contributed by atoms with Gasteiger partial charge in [0.25, 0.3) is 0 Å². The maximum absolute atomic E-state index is 12.0. The Morgan fingerprint density at radius 1 is 1.11 bits per heavy atom. The number of aromatic nitrogens is 2. The van der Waals surface area contributed by atoms with E-state index in [1.54, 1.807) is 41.2 Å². The molecule has 0 saturated carbocycles. The Labute approximate surface area is 163 Å². The summed E-state index contributed by atoms with van der Waals surface area (Å²) in [6.07, 6.45) is 7.76. The van der Waals surface area contributed by atoms with Gasteiger partial charge in [-0.3, -0.25) is 9.52 Å². The van der Waals surface area contributed by atoms with Crippen LogP contribution in [0, 0.1) is 0 Å². The first kappa shape index (κ1) is 19.4. The molecule has 0 aliphatic heterocycles. The lowest BCUT2D eigenvalue weighted by atomic mass is 10.2. The number of para-hydroxylation sites is 1. The summed E-state index contributed by atoms with van der Waals surface area (Å²) in [6.45, 7) is 0.368. The predicted octanol–water partition coefficient (Wildman–Crippen LogP) is 2.57. The third-order valence-electron chi connectivity index (χ3n) is 3.76. The second-order valence-corrected chi connectivity index (χ2v) is 7.92. The van der Waals surface area contributed by atoms with Crippen molar-refractivity contribution in [2.24, 2.45) is 0 Å². The molecule has 1 aromatic heterocycles. The van der Waals surface area contributed by atoms with Gasteiger partial charge >= 0.3 is 0 Å². The SMILES string of the molecule is CS(=O)(=O)Nc1ccc(/C=C/C(=O)NCc2cnn(-c3ccccc3)c2)cc1. The normalized spacial score (nSPS) is 11.5. The summed E-state index contributed by atoms with van der Waals surface area (Å²) < 4.78 is 26.5. The Bertz CT molecular complexity index is 1070. The van der Waals surface area contributed by atoms with Gasteiger partial charge in [-0.15, -0.1) is 0 Å². The summed E-state index contributed by atoms with van der Waals surface area (Å²) in [5.41, 5.74) is 3.10. The highest BCUT2D eigenvalue weighted by atomic mass is 32.2. The van der Waals surface area contributed by atoms with E-state index in [4.69, 9.17) is 0 Å². The fourth-order valence-electron chi connectivity index (χ4n) is 2.47. The number of nitrogens with one attached hydrogen (secondary N) is 2. The third-order valence-corrected chi connectivity index (χ3v) is 4.37. The smallest absolute Gasteiger partial charge is 0.244 e. The van der Waals surface area contributed by atoms with Crippen LogP contribution >= 0.6 is 0 Å². The molecule has 3 rings (SSSR count). The average Bonchev–Trinajstić information content (AvgIpc) is 3.14. The molecule has 3 aromatic rings. The van der Waals surface area contributed by atoms with Gasteiger partial charge in [0.1, 0.15) is 0 Å². The first-order chi connectivity index (χ1) is 13.4. The van der Waals surface area contributed by atoms with Gasteiger partial charge in [0.15, 0.2) is 0 Å². The number of nitrogens with zero attached hydrogens (tertiary/aromatic N) is 2. The number of amides is 1. The number of hydrogen-bond acceptors (Lipinski definition) is 4. The van der Waals surface area contributed by atoms with Gasteiger partial charge in [0.2, 0.25) is 15.9 Å². The second kappa shape index (κ2) is 8.53. The number of benzene rings is 2. The van der Waals surface area contributed by atoms with Crippen molar-refractivity contribution >= 4 is 27.7 Å². The molecule has 0 atom stereocenters. The van der Waals surface area contributed by atoms with Crippen molar-refractivity contribution in [3.05, 3.63) is 84.2 Å². The van der Waals surface area contributed by atoms with Gasteiger partial charge < -0.3 is 5.32 Å². The first-order valence-corrected chi connectivity index (χ1v) is 10.4. The van der Waals surface area contributed by atoms with E-state index in [9.17, 15) is 13.2 Å². The maximum atomic E-state index is 12.0. The zero-order valence-corrected chi connectivity index (χ0v) is 16.1. The molecule has 0 aliphatic carbocycles. The zero-order chi connectivity index (χ0) is 20.0. The zero-order valence-electron chi connectivity index (χ0n) is 15.2. The predicted molar refractivity (Wildman–Crippen MR) is 109 cm³/mol. The van der Waals surface area contributed by atoms with Gasteiger partial charge in [0.05, 0.1) is 18.1 Å². The van der Waals surface area contributed by atoms with E-state index < -0.39 is 10.0 Å². The van der Waals surface area contributed by atoms with Crippen molar-refractivity contribution in [2.45, 2.75) is 6.54 Å². The van der Waals surface area contributed by atoms with Crippen LogP contribution in [0.5, 0.6) is 0 Å². The standard InChI is InChI=1S/C20H20N4O3S/c1-28(26,27)23-18-10-7-16(8-11-18)9-12-20(25)21-13-17-14-22-24(15-17)19-5-3-2-4-6-19/h2-12,14-15,23H,13H2,1H3,(H,21,25)/b12-9+. The van der Waals surface area contributed by atoms with Crippen LogP contribution in [0.4, 0.5) is 5.69 Å². The van der Waals surface area contributed by atoms with Crippen molar-refractivity contribution in [3.63, 3.8) is 0 Å². The van der Waals surface area contributed by atoms with Gasteiger partial charge in [-0.2, -0.15) is 5.10 Å². The monoisotopic (exact) mass is 396 g/mol. The first-order valence-electron chi connectivity index (χ1n) is 8.52. The van der Waals surface area contributed by atoms with Crippen LogP contribution in [-0.4, -0.2) is 30.4 Å². The van der Waals surface area contributed by atoms with Crippen LogP contribution in [0.3, 0.4) is 0 Å². The van der Waals surface area contributed by atoms with E-state index in [2.05, 4.69) is 15.1 Å². The molecule has 0 bridgehead atoms. The lowest BCUT2D eigenvalue weighted by Crippen LogP contribution is -2.19. The van der Waals surface area contributed by atoms with Crippen LogP contribution in [0.15, 0.2) is 73.1 Å². The fraction of sp³-hybridized carbons (Fsp3) is 0.100. The molecule has 0 radical (unpaired) electrons.